The molecule has 0 aromatic rings. The SMILES string of the molecule is CCCCCCCCCCCCS.CCC[CH2][SnH]. The Morgan fingerprint density at radius 3 is 1.28 bits per heavy atom. The first-order valence-electron chi connectivity index (χ1n) is 8.14. The van der Waals surface area contributed by atoms with Gasteiger partial charge in [0, 0.05) is 0 Å². The van der Waals surface area contributed by atoms with Gasteiger partial charge in [0.1, 0.15) is 0 Å². The molecule has 0 nitrogen and oxygen atoms in total. The quantitative estimate of drug-likeness (QED) is 0.242. The standard InChI is InChI=1S/C12H26S.C4H9.Sn.H/c1-2-3-4-5-6-7-8-9-10-11-12-13;1-3-4-2;;/h13H,2-12H2,1H3;1,3-4H2,2H3;;. The van der Waals surface area contributed by atoms with Gasteiger partial charge in [-0.25, -0.2) is 0 Å². The molecule has 0 atom stereocenters. The van der Waals surface area contributed by atoms with Crippen LogP contribution >= 0.6 is 12.6 Å². The van der Waals surface area contributed by atoms with Gasteiger partial charge in [-0.15, -0.1) is 0 Å². The van der Waals surface area contributed by atoms with Crippen LogP contribution < -0.4 is 0 Å². The van der Waals surface area contributed by atoms with E-state index >= 15 is 0 Å². The van der Waals surface area contributed by atoms with Crippen LogP contribution in [0.3, 0.4) is 0 Å². The molecule has 0 rings (SSSR count). The second-order valence-corrected chi connectivity index (χ2v) is 7.14. The molecule has 0 aromatic heterocycles. The maximum absolute atomic E-state index is 4.20. The van der Waals surface area contributed by atoms with Crippen molar-refractivity contribution in [3.05, 3.63) is 0 Å². The summed E-state index contributed by atoms with van der Waals surface area (Å²) < 4.78 is 1.47. The summed E-state index contributed by atoms with van der Waals surface area (Å²) in [5.74, 6) is 1.07. The first-order chi connectivity index (χ1) is 8.83. The van der Waals surface area contributed by atoms with Crippen LogP contribution in [0.2, 0.25) is 4.44 Å². The summed E-state index contributed by atoms with van der Waals surface area (Å²) in [5.41, 5.74) is 0. The molecule has 0 amide bonds. The molecule has 0 spiro atoms. The monoisotopic (exact) mass is 380 g/mol. The third-order valence-corrected chi connectivity index (χ3v) is 4.55. The molecular formula is C16H36SSn. The van der Waals surface area contributed by atoms with Crippen LogP contribution in [0.25, 0.3) is 0 Å². The predicted octanol–water partition coefficient (Wildman–Crippen LogP) is 5.94. The van der Waals surface area contributed by atoms with Gasteiger partial charge in [0.2, 0.25) is 0 Å². The van der Waals surface area contributed by atoms with E-state index in [1.54, 1.807) is 0 Å². The van der Waals surface area contributed by atoms with Crippen molar-refractivity contribution < 1.29 is 0 Å². The predicted molar refractivity (Wildman–Crippen MR) is 92.6 cm³/mol. The van der Waals surface area contributed by atoms with Crippen LogP contribution in [0.5, 0.6) is 0 Å². The Labute approximate surface area is 136 Å². The Kier molecular flexibility index (Phi) is 27.7. The van der Waals surface area contributed by atoms with Crippen molar-refractivity contribution in [3.63, 3.8) is 0 Å². The van der Waals surface area contributed by atoms with Crippen molar-refractivity contribution in [3.8, 4) is 0 Å². The van der Waals surface area contributed by atoms with Crippen LogP contribution in [0.4, 0.5) is 0 Å². The zero-order valence-corrected chi connectivity index (χ0v) is 17.1. The van der Waals surface area contributed by atoms with Crippen molar-refractivity contribution in [2.24, 2.45) is 0 Å². The van der Waals surface area contributed by atoms with E-state index in [1.165, 1.54) is 104 Å². The number of unbranched alkanes of at least 4 members (excludes halogenated alkanes) is 10. The van der Waals surface area contributed by atoms with Crippen molar-refractivity contribution in [2.75, 3.05) is 5.75 Å². The molecule has 0 fully saturated rings. The van der Waals surface area contributed by atoms with Gasteiger partial charge in [0.15, 0.2) is 0 Å². The summed E-state index contributed by atoms with van der Waals surface area (Å²) in [6, 6.07) is 0. The van der Waals surface area contributed by atoms with E-state index in [2.05, 4.69) is 26.5 Å². The van der Waals surface area contributed by atoms with Crippen LogP contribution in [0, 0.1) is 0 Å². The molecule has 0 aliphatic carbocycles. The van der Waals surface area contributed by atoms with Crippen molar-refractivity contribution in [1.29, 1.82) is 0 Å². The summed E-state index contributed by atoms with van der Waals surface area (Å²) in [5, 5.41) is 0. The molecule has 0 unspecified atom stereocenters. The van der Waals surface area contributed by atoms with E-state index in [1.807, 2.05) is 0 Å². The van der Waals surface area contributed by atoms with E-state index in [0.29, 0.717) is 0 Å². The molecule has 0 heterocycles. The van der Waals surface area contributed by atoms with Gasteiger partial charge in [-0.3, -0.25) is 0 Å². The third kappa shape index (κ3) is 25.9. The Hall–Kier alpha value is 1.15. The Balaban J connectivity index is 0. The van der Waals surface area contributed by atoms with E-state index in [4.69, 9.17) is 0 Å². The van der Waals surface area contributed by atoms with E-state index in [9.17, 15) is 0 Å². The Bertz CT molecular complexity index is 106. The molecule has 0 N–H and O–H groups in total. The molecule has 2 heteroatoms. The molecule has 0 saturated heterocycles. The minimum atomic E-state index is 1.07. The zero-order chi connectivity index (χ0) is 13.9. The zero-order valence-electron chi connectivity index (χ0n) is 12.9. The number of rotatable bonds is 12. The van der Waals surface area contributed by atoms with E-state index in [0.717, 1.165) is 5.75 Å². The van der Waals surface area contributed by atoms with Gasteiger partial charge in [-0.05, 0) is 12.2 Å². The summed E-state index contributed by atoms with van der Waals surface area (Å²) >= 11 is 5.65. The average Bonchev–Trinajstić information content (AvgIpc) is 2.39. The molecule has 0 aromatic carbocycles. The molecule has 2 radical (unpaired) electrons. The molecule has 0 bridgehead atoms. The first kappa shape index (κ1) is 21.4. The van der Waals surface area contributed by atoms with Crippen molar-refractivity contribution in [1.82, 2.24) is 0 Å². The fraction of sp³-hybridized carbons (Fsp3) is 1.00. The number of hydrogen-bond donors (Lipinski definition) is 1. The van der Waals surface area contributed by atoms with Crippen LogP contribution in [-0.4, -0.2) is 28.3 Å². The Morgan fingerprint density at radius 2 is 1.00 bits per heavy atom. The van der Waals surface area contributed by atoms with Crippen LogP contribution in [0.15, 0.2) is 0 Å². The molecule has 0 aliphatic rings. The molecular weight excluding hydrogens is 343 g/mol. The van der Waals surface area contributed by atoms with Crippen molar-refractivity contribution >= 4 is 35.2 Å². The number of hydrogen-bond acceptors (Lipinski definition) is 1. The summed E-state index contributed by atoms with van der Waals surface area (Å²) in [4.78, 5) is 0. The van der Waals surface area contributed by atoms with Gasteiger partial charge < -0.3 is 0 Å². The molecule has 0 aliphatic heterocycles. The second kappa shape index (κ2) is 23.3. The molecule has 18 heavy (non-hydrogen) atoms. The van der Waals surface area contributed by atoms with Gasteiger partial charge in [0.05, 0.1) is 0 Å². The van der Waals surface area contributed by atoms with Crippen LogP contribution in [0.1, 0.15) is 90.9 Å². The number of thiol groups is 1. The Morgan fingerprint density at radius 1 is 0.611 bits per heavy atom. The van der Waals surface area contributed by atoms with Gasteiger partial charge in [0.25, 0.3) is 0 Å². The average molecular weight is 379 g/mol. The first-order valence-corrected chi connectivity index (χ1v) is 11.1. The molecule has 0 saturated carbocycles. The fourth-order valence-electron chi connectivity index (χ4n) is 1.80. The third-order valence-electron chi connectivity index (χ3n) is 3.07. The summed E-state index contributed by atoms with van der Waals surface area (Å²) in [7, 11) is 0. The van der Waals surface area contributed by atoms with Gasteiger partial charge in [-0.2, -0.15) is 12.6 Å². The van der Waals surface area contributed by atoms with Crippen molar-refractivity contribution in [2.45, 2.75) is 95.3 Å². The topological polar surface area (TPSA) is 0 Å². The maximum atomic E-state index is 4.20. The normalized spacial score (nSPS) is 10.0. The molecule has 110 valence electrons. The van der Waals surface area contributed by atoms with E-state index < -0.39 is 0 Å². The van der Waals surface area contributed by atoms with Gasteiger partial charge in [-0.1, -0.05) is 64.7 Å². The minimum absolute atomic E-state index is 1.07. The van der Waals surface area contributed by atoms with Crippen LogP contribution in [-0.2, 0) is 0 Å². The van der Waals surface area contributed by atoms with Gasteiger partial charge >= 0.3 is 46.7 Å². The fourth-order valence-corrected chi connectivity index (χ4v) is 3.19. The summed E-state index contributed by atoms with van der Waals surface area (Å²) in [6.45, 7) is 4.51. The van der Waals surface area contributed by atoms with E-state index in [-0.39, 0.29) is 0 Å². The summed E-state index contributed by atoms with van der Waals surface area (Å²) in [6.07, 6.45) is 17.0. The second-order valence-electron chi connectivity index (χ2n) is 5.05.